The average Bonchev–Trinajstić information content (AvgIpc) is 2.89. The van der Waals surface area contributed by atoms with Crippen molar-refractivity contribution in [2.45, 2.75) is 38.0 Å². The van der Waals surface area contributed by atoms with E-state index in [-0.39, 0.29) is 24.6 Å². The summed E-state index contributed by atoms with van der Waals surface area (Å²) in [5.74, 6) is -7.01. The molecule has 0 fully saturated rings. The van der Waals surface area contributed by atoms with E-state index in [4.69, 9.17) is 5.11 Å². The van der Waals surface area contributed by atoms with Gasteiger partial charge in [-0.1, -0.05) is 11.6 Å². The third-order valence-electron chi connectivity index (χ3n) is 6.29. The van der Waals surface area contributed by atoms with Gasteiger partial charge in [0.05, 0.1) is 22.4 Å². The Labute approximate surface area is 216 Å². The van der Waals surface area contributed by atoms with Crippen molar-refractivity contribution >= 4 is 22.9 Å². The second-order valence-corrected chi connectivity index (χ2v) is 9.19. The first kappa shape index (κ1) is 27.0. The number of alkyl halides is 2. The fourth-order valence-electron chi connectivity index (χ4n) is 4.21. The summed E-state index contributed by atoms with van der Waals surface area (Å²) in [5.41, 5.74) is 3.27. The van der Waals surface area contributed by atoms with Crippen molar-refractivity contribution in [3.63, 3.8) is 0 Å². The number of rotatable bonds is 9. The number of aliphatic carboxylic acids is 1. The highest BCUT2D eigenvalue weighted by molar-refractivity contribution is 5.97. The van der Waals surface area contributed by atoms with Crippen LogP contribution in [0.1, 0.15) is 41.7 Å². The molecular weight excluding hydrogens is 502 g/mol. The Morgan fingerprint density at radius 1 is 1.00 bits per heavy atom. The van der Waals surface area contributed by atoms with Crippen molar-refractivity contribution in [1.29, 1.82) is 0 Å². The van der Waals surface area contributed by atoms with Gasteiger partial charge in [0.15, 0.2) is 0 Å². The second kappa shape index (κ2) is 11.1. The van der Waals surface area contributed by atoms with E-state index >= 15 is 0 Å². The Kier molecular flexibility index (Phi) is 7.89. The van der Waals surface area contributed by atoms with Crippen LogP contribution < -0.4 is 0 Å². The predicted octanol–water partition coefficient (Wildman–Crippen LogP) is 6.12. The molecule has 0 aliphatic heterocycles. The molecule has 1 heterocycles. The van der Waals surface area contributed by atoms with Gasteiger partial charge in [-0.2, -0.15) is 8.78 Å². The Bertz CT molecular complexity index is 1440. The van der Waals surface area contributed by atoms with Gasteiger partial charge < -0.3 is 10.0 Å². The number of fused-ring (bicyclic) bond motifs is 1. The lowest BCUT2D eigenvalue weighted by Gasteiger charge is -2.20. The van der Waals surface area contributed by atoms with Crippen LogP contribution in [0.3, 0.4) is 0 Å². The number of halogens is 4. The van der Waals surface area contributed by atoms with Crippen LogP contribution >= 0.6 is 0 Å². The Hall–Kier alpha value is -4.08. The molecule has 1 N–H and O–H groups in total. The first-order valence-electron chi connectivity index (χ1n) is 12.0. The standard InChI is InChI=1S/C28H25F4N3O3/c1-35(16-17-4-9-20(29)10-5-17)26(36)19-8-13-22-24(15-19)33-23(3-2-14-28(31,32)27(37)38)25(34-22)18-6-11-21(30)12-7-18/h4,6-9,11-13,15H,2-3,5,10,14,16H2,1H3,(H,37,38). The van der Waals surface area contributed by atoms with Crippen molar-refractivity contribution in [2.24, 2.45) is 0 Å². The maximum atomic E-state index is 13.6. The van der Waals surface area contributed by atoms with Gasteiger partial charge in [0.25, 0.3) is 5.91 Å². The van der Waals surface area contributed by atoms with Crippen LogP contribution in [-0.4, -0.2) is 51.4 Å². The van der Waals surface area contributed by atoms with Gasteiger partial charge in [0.2, 0.25) is 0 Å². The zero-order chi connectivity index (χ0) is 27.4. The number of carbonyl (C=O) groups excluding carboxylic acids is 1. The Morgan fingerprint density at radius 3 is 2.39 bits per heavy atom. The molecule has 3 aromatic rings. The molecule has 2 aromatic carbocycles. The van der Waals surface area contributed by atoms with Gasteiger partial charge in [-0.05, 0) is 67.8 Å². The number of hydrogen-bond acceptors (Lipinski definition) is 4. The van der Waals surface area contributed by atoms with Crippen LogP contribution in [0.4, 0.5) is 17.6 Å². The van der Waals surface area contributed by atoms with Crippen LogP contribution in [0.15, 0.2) is 66.0 Å². The first-order chi connectivity index (χ1) is 18.0. The molecule has 1 aliphatic carbocycles. The van der Waals surface area contributed by atoms with E-state index in [1.807, 2.05) is 0 Å². The summed E-state index contributed by atoms with van der Waals surface area (Å²) in [5, 5.41) is 8.71. The lowest BCUT2D eigenvalue weighted by atomic mass is 10.0. The lowest BCUT2D eigenvalue weighted by molar-refractivity contribution is -0.165. The highest BCUT2D eigenvalue weighted by Crippen LogP contribution is 2.28. The number of amides is 1. The minimum Gasteiger partial charge on any atom is -0.477 e. The quantitative estimate of drug-likeness (QED) is 0.339. The summed E-state index contributed by atoms with van der Waals surface area (Å²) in [6.45, 7) is 0.332. The zero-order valence-corrected chi connectivity index (χ0v) is 20.6. The van der Waals surface area contributed by atoms with Gasteiger partial charge in [-0.25, -0.2) is 23.5 Å². The largest absolute Gasteiger partial charge is 0.477 e. The van der Waals surface area contributed by atoms with Gasteiger partial charge >= 0.3 is 11.9 Å². The minimum atomic E-state index is -3.88. The highest BCUT2D eigenvalue weighted by atomic mass is 19.3. The maximum absolute atomic E-state index is 13.6. The molecule has 0 spiro atoms. The molecule has 6 nitrogen and oxygen atoms in total. The minimum absolute atomic E-state index is 0.00513. The topological polar surface area (TPSA) is 83.4 Å². The molecule has 1 aliphatic rings. The van der Waals surface area contributed by atoms with E-state index in [1.54, 1.807) is 31.3 Å². The maximum Gasteiger partial charge on any atom is 0.374 e. The summed E-state index contributed by atoms with van der Waals surface area (Å²) < 4.78 is 54.0. The third kappa shape index (κ3) is 6.24. The monoisotopic (exact) mass is 527 g/mol. The van der Waals surface area contributed by atoms with Crippen LogP contribution in [0.25, 0.3) is 22.3 Å². The molecular formula is C28H25F4N3O3. The molecule has 0 radical (unpaired) electrons. The number of aromatic nitrogens is 2. The van der Waals surface area contributed by atoms with Gasteiger partial charge in [-0.3, -0.25) is 4.79 Å². The number of nitrogens with zero attached hydrogens (tertiary/aromatic N) is 3. The molecule has 0 saturated carbocycles. The van der Waals surface area contributed by atoms with E-state index in [2.05, 4.69) is 9.97 Å². The van der Waals surface area contributed by atoms with Crippen LogP contribution in [0.5, 0.6) is 0 Å². The van der Waals surface area contributed by atoms with Crippen molar-refractivity contribution in [3.8, 4) is 11.3 Å². The summed E-state index contributed by atoms with van der Waals surface area (Å²) in [4.78, 5) is 34.6. The number of benzene rings is 2. The van der Waals surface area contributed by atoms with Crippen molar-refractivity contribution in [2.75, 3.05) is 13.6 Å². The van der Waals surface area contributed by atoms with E-state index in [0.29, 0.717) is 52.9 Å². The molecule has 10 heteroatoms. The molecule has 198 valence electrons. The molecule has 0 bridgehead atoms. The Balaban J connectivity index is 1.63. The molecule has 1 aromatic heterocycles. The van der Waals surface area contributed by atoms with E-state index in [1.165, 1.54) is 35.2 Å². The van der Waals surface area contributed by atoms with E-state index < -0.39 is 24.1 Å². The number of hydrogen-bond donors (Lipinski definition) is 1. The smallest absolute Gasteiger partial charge is 0.374 e. The molecule has 38 heavy (non-hydrogen) atoms. The number of allylic oxidation sites excluding steroid dienone is 3. The van der Waals surface area contributed by atoms with Gasteiger partial charge in [0, 0.05) is 37.6 Å². The van der Waals surface area contributed by atoms with Crippen molar-refractivity contribution in [3.05, 3.63) is 83.1 Å². The normalized spacial score (nSPS) is 13.7. The van der Waals surface area contributed by atoms with E-state index in [0.717, 1.165) is 5.57 Å². The fraction of sp³-hybridized carbons (Fsp3) is 0.286. The molecule has 0 saturated heterocycles. The predicted molar refractivity (Wildman–Crippen MR) is 134 cm³/mol. The van der Waals surface area contributed by atoms with Crippen molar-refractivity contribution in [1.82, 2.24) is 14.9 Å². The summed E-state index contributed by atoms with van der Waals surface area (Å²) in [6, 6.07) is 10.3. The fourth-order valence-corrected chi connectivity index (χ4v) is 4.21. The number of likely N-dealkylation sites (N-methyl/N-ethyl adjacent to an activating group) is 1. The second-order valence-electron chi connectivity index (χ2n) is 9.19. The Morgan fingerprint density at radius 2 is 1.74 bits per heavy atom. The summed E-state index contributed by atoms with van der Waals surface area (Å²) in [6.07, 6.45) is 2.83. The van der Waals surface area contributed by atoms with Crippen molar-refractivity contribution < 1.29 is 32.3 Å². The SMILES string of the molecule is CN(CC1=CC=C(F)CC1)C(=O)c1ccc2nc(-c3ccc(F)cc3)c(CCCC(F)(F)C(=O)O)nc2c1. The van der Waals surface area contributed by atoms with Gasteiger partial charge in [-0.15, -0.1) is 0 Å². The number of carboxylic acid groups (broad SMARTS) is 1. The summed E-state index contributed by atoms with van der Waals surface area (Å²) >= 11 is 0. The molecule has 0 unspecified atom stereocenters. The first-order valence-corrected chi connectivity index (χ1v) is 12.0. The lowest BCUT2D eigenvalue weighted by Crippen LogP contribution is -2.29. The van der Waals surface area contributed by atoms with Crippen LogP contribution in [0.2, 0.25) is 0 Å². The van der Waals surface area contributed by atoms with Crippen LogP contribution in [0, 0.1) is 5.82 Å². The van der Waals surface area contributed by atoms with Gasteiger partial charge in [0.1, 0.15) is 11.6 Å². The number of aryl methyl sites for hydroxylation is 1. The average molecular weight is 528 g/mol. The molecule has 4 rings (SSSR count). The zero-order valence-electron chi connectivity index (χ0n) is 20.6. The molecule has 0 atom stereocenters. The number of carboxylic acids is 1. The highest BCUT2D eigenvalue weighted by Gasteiger charge is 2.37. The molecule has 1 amide bonds. The number of carbonyl (C=O) groups is 2. The van der Waals surface area contributed by atoms with E-state index in [9.17, 15) is 27.2 Å². The third-order valence-corrected chi connectivity index (χ3v) is 6.29. The summed E-state index contributed by atoms with van der Waals surface area (Å²) in [7, 11) is 1.64. The van der Waals surface area contributed by atoms with Crippen LogP contribution in [-0.2, 0) is 11.2 Å².